The number of halogens is 3. The molecular formula is C4H12BrI2N-2. The molecule has 0 fully saturated rings. The maximum absolute atomic E-state index is 2.12. The molecule has 0 aromatic heterocycles. The zero-order valence-corrected chi connectivity index (χ0v) is 11.5. The van der Waals surface area contributed by atoms with E-state index >= 15 is 0 Å². The van der Waals surface area contributed by atoms with Crippen molar-refractivity contribution in [3.8, 4) is 0 Å². The Bertz CT molecular complexity index is 29.5. The molecule has 0 bridgehead atoms. The van der Waals surface area contributed by atoms with Crippen LogP contribution in [0.1, 0.15) is 0 Å². The quantitative estimate of drug-likeness (QED) is 0.276. The van der Waals surface area contributed by atoms with Gasteiger partial charge in [0.2, 0.25) is 0 Å². The van der Waals surface area contributed by atoms with Gasteiger partial charge in [-0.15, -0.1) is 0 Å². The summed E-state index contributed by atoms with van der Waals surface area (Å²) < 4.78 is 1.00. The molecule has 0 aliphatic rings. The average molecular weight is 408 g/mol. The molecule has 0 aliphatic heterocycles. The van der Waals surface area contributed by atoms with Crippen LogP contribution in [0.15, 0.2) is 0 Å². The monoisotopic (exact) mass is 407 g/mol. The van der Waals surface area contributed by atoms with Crippen LogP contribution in [0.25, 0.3) is 0 Å². The third-order valence-corrected chi connectivity index (χ3v) is 0. The molecule has 56 valence electrons. The molecule has 1 nitrogen and oxygen atoms in total. The van der Waals surface area contributed by atoms with Crippen LogP contribution in [0.4, 0.5) is 0 Å². The van der Waals surface area contributed by atoms with Crippen LogP contribution in [-0.4, -0.2) is 32.7 Å². The molecule has 0 saturated carbocycles. The SMILES string of the molecule is C[N+](C)(C)C.[Br-].[I-].[I-]. The number of quaternary nitrogens is 1. The topological polar surface area (TPSA) is 0 Å². The number of rotatable bonds is 0. The average Bonchev–Trinajstić information content (AvgIpc) is 0.722. The van der Waals surface area contributed by atoms with Crippen LogP contribution in [0.5, 0.6) is 0 Å². The Morgan fingerprint density at radius 1 is 0.750 bits per heavy atom. The predicted octanol–water partition coefficient (Wildman–Crippen LogP) is -8.67. The molecule has 0 atom stereocenters. The lowest BCUT2D eigenvalue weighted by Gasteiger charge is -2.14. The van der Waals surface area contributed by atoms with Crippen LogP contribution < -0.4 is 64.9 Å². The van der Waals surface area contributed by atoms with Crippen molar-refractivity contribution in [3.63, 3.8) is 0 Å². The summed E-state index contributed by atoms with van der Waals surface area (Å²) in [7, 11) is 8.50. The van der Waals surface area contributed by atoms with Gasteiger partial charge in [0, 0.05) is 0 Å². The Labute approximate surface area is 96.6 Å². The van der Waals surface area contributed by atoms with E-state index in [1.807, 2.05) is 0 Å². The zero-order chi connectivity index (χ0) is 4.50. The fourth-order valence-corrected chi connectivity index (χ4v) is 0. The van der Waals surface area contributed by atoms with Gasteiger partial charge in [-0.1, -0.05) is 0 Å². The van der Waals surface area contributed by atoms with E-state index in [1.54, 1.807) is 0 Å². The molecule has 0 rings (SSSR count). The highest BCUT2D eigenvalue weighted by Crippen LogP contribution is 1.73. The van der Waals surface area contributed by atoms with E-state index in [2.05, 4.69) is 28.2 Å². The third kappa shape index (κ3) is 104. The van der Waals surface area contributed by atoms with Crippen LogP contribution >= 0.6 is 0 Å². The standard InChI is InChI=1S/C4H12N.BrH.2HI/c1-5(2,3)4;;;/h1-4H3;3*1H/q+1;;;/p-3. The summed E-state index contributed by atoms with van der Waals surface area (Å²) in [5.41, 5.74) is 0. The second kappa shape index (κ2) is 8.90. The fraction of sp³-hybridized carbons (Fsp3) is 1.00. The Morgan fingerprint density at radius 2 is 0.750 bits per heavy atom. The highest BCUT2D eigenvalue weighted by atomic mass is 127. The van der Waals surface area contributed by atoms with E-state index in [0.29, 0.717) is 0 Å². The molecule has 4 heteroatoms. The molecule has 8 heavy (non-hydrogen) atoms. The second-order valence-corrected chi connectivity index (χ2v) is 2.68. The van der Waals surface area contributed by atoms with Crippen molar-refractivity contribution in [1.82, 2.24) is 0 Å². The summed E-state index contributed by atoms with van der Waals surface area (Å²) >= 11 is 0. The van der Waals surface area contributed by atoms with E-state index < -0.39 is 0 Å². The lowest BCUT2D eigenvalue weighted by atomic mass is 10.8. The molecule has 0 N–H and O–H groups in total. The van der Waals surface area contributed by atoms with Crippen molar-refractivity contribution < 1.29 is 69.4 Å². The molecule has 0 aromatic rings. The molecule has 0 aromatic carbocycles. The summed E-state index contributed by atoms with van der Waals surface area (Å²) in [6, 6.07) is 0. The summed E-state index contributed by atoms with van der Waals surface area (Å²) in [4.78, 5) is 0. The van der Waals surface area contributed by atoms with E-state index in [9.17, 15) is 0 Å². The first-order valence-electron chi connectivity index (χ1n) is 1.79. The molecule has 0 saturated heterocycles. The Kier molecular flexibility index (Phi) is 25.1. The minimum Gasteiger partial charge on any atom is -1.00 e. The summed E-state index contributed by atoms with van der Waals surface area (Å²) in [5.74, 6) is 0. The molecule has 0 amide bonds. The maximum Gasteiger partial charge on any atom is 0.0675 e. The molecule has 0 spiro atoms. The minimum absolute atomic E-state index is 0. The molecule has 0 aliphatic carbocycles. The lowest BCUT2D eigenvalue weighted by molar-refractivity contribution is -0.849. The van der Waals surface area contributed by atoms with Gasteiger partial charge in [-0.3, -0.25) is 0 Å². The van der Waals surface area contributed by atoms with Gasteiger partial charge < -0.3 is 69.4 Å². The normalized spacial score (nSPS) is 7.50. The van der Waals surface area contributed by atoms with E-state index in [0.717, 1.165) is 4.48 Å². The van der Waals surface area contributed by atoms with Gasteiger partial charge in [-0.25, -0.2) is 0 Å². The summed E-state index contributed by atoms with van der Waals surface area (Å²) in [6.45, 7) is 0. The smallest absolute Gasteiger partial charge is 0.0675 e. The van der Waals surface area contributed by atoms with E-state index in [4.69, 9.17) is 0 Å². The minimum atomic E-state index is 0. The fourth-order valence-electron chi connectivity index (χ4n) is 0. The highest BCUT2D eigenvalue weighted by molar-refractivity contribution is 3.87. The van der Waals surface area contributed by atoms with Gasteiger partial charge in [0.1, 0.15) is 0 Å². The molecule has 0 unspecified atom stereocenters. The second-order valence-electron chi connectivity index (χ2n) is 2.68. The Morgan fingerprint density at radius 3 is 0.750 bits per heavy atom. The van der Waals surface area contributed by atoms with Crippen molar-refractivity contribution >= 4 is 0 Å². The Hall–Kier alpha value is 1.90. The lowest BCUT2D eigenvalue weighted by Crippen LogP contribution is -3.00. The van der Waals surface area contributed by atoms with E-state index in [-0.39, 0.29) is 64.9 Å². The predicted molar refractivity (Wildman–Crippen MR) is 24.0 cm³/mol. The van der Waals surface area contributed by atoms with Crippen LogP contribution in [0, 0.1) is 0 Å². The largest absolute Gasteiger partial charge is 1.00 e. The first kappa shape index (κ1) is 22.5. The first-order valence-corrected chi connectivity index (χ1v) is 1.79. The number of hydrogen-bond acceptors (Lipinski definition) is 0. The van der Waals surface area contributed by atoms with Gasteiger partial charge in [-0.2, -0.15) is 0 Å². The van der Waals surface area contributed by atoms with Gasteiger partial charge in [0.15, 0.2) is 0 Å². The molecule has 0 radical (unpaired) electrons. The maximum atomic E-state index is 2.12. The highest BCUT2D eigenvalue weighted by Gasteiger charge is 1.88. The van der Waals surface area contributed by atoms with Crippen LogP contribution in [0.2, 0.25) is 0 Å². The van der Waals surface area contributed by atoms with Crippen molar-refractivity contribution in [3.05, 3.63) is 0 Å². The van der Waals surface area contributed by atoms with Gasteiger partial charge >= 0.3 is 0 Å². The summed E-state index contributed by atoms with van der Waals surface area (Å²) in [6.07, 6.45) is 0. The van der Waals surface area contributed by atoms with Crippen molar-refractivity contribution in [2.75, 3.05) is 28.2 Å². The van der Waals surface area contributed by atoms with E-state index in [1.165, 1.54) is 0 Å². The van der Waals surface area contributed by atoms with Crippen molar-refractivity contribution in [1.29, 1.82) is 0 Å². The zero-order valence-electron chi connectivity index (χ0n) is 5.58. The van der Waals surface area contributed by atoms with Gasteiger partial charge in [-0.05, 0) is 0 Å². The van der Waals surface area contributed by atoms with Gasteiger partial charge in [0.25, 0.3) is 0 Å². The van der Waals surface area contributed by atoms with Crippen molar-refractivity contribution in [2.24, 2.45) is 0 Å². The summed E-state index contributed by atoms with van der Waals surface area (Å²) in [5, 5.41) is 0. The van der Waals surface area contributed by atoms with Crippen molar-refractivity contribution in [2.45, 2.75) is 0 Å². The molecule has 0 heterocycles. The molecular weight excluding hydrogens is 396 g/mol. The number of hydrogen-bond donors (Lipinski definition) is 0. The number of nitrogens with zero attached hydrogens (tertiary/aromatic N) is 1. The van der Waals surface area contributed by atoms with Crippen LogP contribution in [-0.2, 0) is 0 Å². The van der Waals surface area contributed by atoms with Crippen LogP contribution in [0.3, 0.4) is 0 Å². The third-order valence-electron chi connectivity index (χ3n) is 0. The van der Waals surface area contributed by atoms with Gasteiger partial charge in [0.05, 0.1) is 28.2 Å². The first-order chi connectivity index (χ1) is 2.00. The Balaban J connectivity index is -0.0000000267.